The van der Waals surface area contributed by atoms with Gasteiger partial charge in [-0.3, -0.25) is 5.41 Å². The molecule has 0 spiro atoms. The monoisotopic (exact) mass is 193 g/mol. The van der Waals surface area contributed by atoms with E-state index < -0.39 is 0 Å². The van der Waals surface area contributed by atoms with Gasteiger partial charge in [-0.2, -0.15) is 0 Å². The normalized spacial score (nSPS) is 8.86. The van der Waals surface area contributed by atoms with Gasteiger partial charge in [-0.25, -0.2) is 0 Å². The van der Waals surface area contributed by atoms with Gasteiger partial charge in [0, 0.05) is 12.1 Å². The minimum atomic E-state index is 0.0877. The Morgan fingerprint density at radius 1 is 1.36 bits per heavy atom. The van der Waals surface area contributed by atoms with Gasteiger partial charge in [-0.1, -0.05) is 26.0 Å². The van der Waals surface area contributed by atoms with E-state index in [-0.39, 0.29) is 5.84 Å². The summed E-state index contributed by atoms with van der Waals surface area (Å²) in [5, 5.41) is 7.21. The number of nitrogens with one attached hydrogen (secondary N) is 1. The molecule has 3 heteroatoms. The Morgan fingerprint density at radius 3 is 2.36 bits per heavy atom. The van der Waals surface area contributed by atoms with Crippen molar-refractivity contribution in [3.05, 3.63) is 34.9 Å². The van der Waals surface area contributed by atoms with Gasteiger partial charge in [0.05, 0.1) is 0 Å². The van der Waals surface area contributed by atoms with Gasteiger partial charge in [0.15, 0.2) is 0 Å². The molecule has 0 aromatic heterocycles. The van der Waals surface area contributed by atoms with E-state index in [2.05, 4.69) is 0 Å². The summed E-state index contributed by atoms with van der Waals surface area (Å²) >= 11 is 0. The number of aryl methyl sites for hydroxylation is 1. The average Bonchev–Trinajstić information content (AvgIpc) is 2.21. The van der Waals surface area contributed by atoms with Crippen molar-refractivity contribution in [3.63, 3.8) is 0 Å². The second-order valence-electron chi connectivity index (χ2n) is 2.76. The number of amidine groups is 1. The smallest absolute Gasteiger partial charge is 0.122 e. The van der Waals surface area contributed by atoms with Gasteiger partial charge in [-0.05, 0) is 24.1 Å². The van der Waals surface area contributed by atoms with Crippen LogP contribution < -0.4 is 11.5 Å². The van der Waals surface area contributed by atoms with Gasteiger partial charge in [0.1, 0.15) is 5.84 Å². The molecule has 1 aromatic rings. The highest BCUT2D eigenvalue weighted by molar-refractivity contribution is 5.95. The lowest BCUT2D eigenvalue weighted by Crippen LogP contribution is -2.12. The summed E-state index contributed by atoms with van der Waals surface area (Å²) in [5.41, 5.74) is 13.8. The molecule has 0 fully saturated rings. The third-order valence-electron chi connectivity index (χ3n) is 1.88. The van der Waals surface area contributed by atoms with Crippen molar-refractivity contribution in [1.82, 2.24) is 0 Å². The van der Waals surface area contributed by atoms with Gasteiger partial charge in [0.2, 0.25) is 0 Å². The zero-order valence-corrected chi connectivity index (χ0v) is 9.09. The first kappa shape index (κ1) is 12.7. The van der Waals surface area contributed by atoms with Crippen molar-refractivity contribution in [2.45, 2.75) is 27.3 Å². The van der Waals surface area contributed by atoms with Crippen molar-refractivity contribution in [2.24, 2.45) is 11.5 Å². The van der Waals surface area contributed by atoms with Gasteiger partial charge < -0.3 is 11.5 Å². The van der Waals surface area contributed by atoms with Crippen LogP contribution >= 0.6 is 0 Å². The van der Waals surface area contributed by atoms with Crippen LogP contribution in [0.3, 0.4) is 0 Å². The van der Waals surface area contributed by atoms with E-state index >= 15 is 0 Å². The third kappa shape index (κ3) is 3.18. The molecular formula is C11H19N3. The molecule has 0 amide bonds. The zero-order valence-electron chi connectivity index (χ0n) is 9.09. The van der Waals surface area contributed by atoms with Crippen molar-refractivity contribution < 1.29 is 0 Å². The van der Waals surface area contributed by atoms with Crippen molar-refractivity contribution >= 4 is 5.84 Å². The Morgan fingerprint density at radius 2 is 1.93 bits per heavy atom. The minimum Gasteiger partial charge on any atom is -0.384 e. The molecule has 0 saturated heterocycles. The summed E-state index contributed by atoms with van der Waals surface area (Å²) in [6.07, 6.45) is 0. The largest absolute Gasteiger partial charge is 0.384 e. The Bertz CT molecular complexity index is 305. The highest BCUT2D eigenvalue weighted by atomic mass is 14.7. The van der Waals surface area contributed by atoms with E-state index in [4.69, 9.17) is 16.9 Å². The van der Waals surface area contributed by atoms with Crippen LogP contribution in [0.15, 0.2) is 18.2 Å². The van der Waals surface area contributed by atoms with Crippen LogP contribution in [0.1, 0.15) is 30.5 Å². The Balaban J connectivity index is 0.000000791. The quantitative estimate of drug-likeness (QED) is 0.494. The third-order valence-corrected chi connectivity index (χ3v) is 1.88. The van der Waals surface area contributed by atoms with Gasteiger partial charge in [0.25, 0.3) is 0 Å². The Labute approximate surface area is 85.6 Å². The molecular weight excluding hydrogens is 174 g/mol. The molecule has 0 unspecified atom stereocenters. The molecule has 1 rings (SSSR count). The maximum atomic E-state index is 7.21. The molecule has 0 heterocycles. The summed E-state index contributed by atoms with van der Waals surface area (Å²) in [7, 11) is 0. The molecule has 1 aromatic carbocycles. The maximum Gasteiger partial charge on any atom is 0.122 e. The second-order valence-corrected chi connectivity index (χ2v) is 2.76. The van der Waals surface area contributed by atoms with Crippen LogP contribution in [-0.2, 0) is 6.54 Å². The topological polar surface area (TPSA) is 75.9 Å². The SMILES string of the molecule is CC.Cc1ccc(C(=N)N)cc1CN. The zero-order chi connectivity index (χ0) is 11.1. The fourth-order valence-corrected chi connectivity index (χ4v) is 1.06. The number of benzene rings is 1. The minimum absolute atomic E-state index is 0.0877. The van der Waals surface area contributed by atoms with E-state index in [1.165, 1.54) is 0 Å². The summed E-state index contributed by atoms with van der Waals surface area (Å²) in [4.78, 5) is 0. The summed E-state index contributed by atoms with van der Waals surface area (Å²) in [6, 6.07) is 5.62. The van der Waals surface area contributed by atoms with Crippen molar-refractivity contribution in [3.8, 4) is 0 Å². The van der Waals surface area contributed by atoms with E-state index in [0.717, 1.165) is 16.7 Å². The van der Waals surface area contributed by atoms with Crippen LogP contribution in [0.25, 0.3) is 0 Å². The lowest BCUT2D eigenvalue weighted by molar-refractivity contribution is 1.05. The van der Waals surface area contributed by atoms with Crippen molar-refractivity contribution in [2.75, 3.05) is 0 Å². The van der Waals surface area contributed by atoms with E-state index in [1.54, 1.807) is 0 Å². The number of nitrogens with two attached hydrogens (primary N) is 2. The first-order valence-corrected chi connectivity index (χ1v) is 4.79. The number of hydrogen-bond acceptors (Lipinski definition) is 2. The summed E-state index contributed by atoms with van der Waals surface area (Å²) < 4.78 is 0. The van der Waals surface area contributed by atoms with Crippen LogP contribution in [0.5, 0.6) is 0 Å². The summed E-state index contributed by atoms with van der Waals surface area (Å²) in [6.45, 7) is 6.49. The van der Waals surface area contributed by atoms with Crippen LogP contribution in [0.4, 0.5) is 0 Å². The van der Waals surface area contributed by atoms with E-state index in [1.807, 2.05) is 39.0 Å². The predicted molar refractivity (Wildman–Crippen MR) is 61.4 cm³/mol. The molecule has 0 saturated carbocycles. The highest BCUT2D eigenvalue weighted by Gasteiger charge is 1.99. The Hall–Kier alpha value is -1.35. The summed E-state index contributed by atoms with van der Waals surface area (Å²) in [5.74, 6) is 0.0877. The molecule has 78 valence electrons. The number of rotatable bonds is 2. The lowest BCUT2D eigenvalue weighted by atomic mass is 10.0. The molecule has 0 aliphatic rings. The van der Waals surface area contributed by atoms with Gasteiger partial charge >= 0.3 is 0 Å². The molecule has 0 radical (unpaired) electrons. The first-order chi connectivity index (χ1) is 6.65. The standard InChI is InChI=1S/C9H13N3.C2H6/c1-6-2-3-7(9(11)12)4-8(6)5-10;1-2/h2-4H,5,10H2,1H3,(H3,11,12);1-2H3. The fourth-order valence-electron chi connectivity index (χ4n) is 1.06. The highest BCUT2D eigenvalue weighted by Crippen LogP contribution is 2.09. The Kier molecular flexibility index (Phi) is 5.56. The number of hydrogen-bond donors (Lipinski definition) is 3. The molecule has 0 aliphatic heterocycles. The van der Waals surface area contributed by atoms with E-state index in [9.17, 15) is 0 Å². The van der Waals surface area contributed by atoms with E-state index in [0.29, 0.717) is 6.54 Å². The molecule has 5 N–H and O–H groups in total. The fraction of sp³-hybridized carbons (Fsp3) is 0.364. The average molecular weight is 193 g/mol. The predicted octanol–water partition coefficient (Wildman–Crippen LogP) is 1.76. The number of nitrogen functional groups attached to an aromatic ring is 1. The van der Waals surface area contributed by atoms with Crippen LogP contribution in [0.2, 0.25) is 0 Å². The van der Waals surface area contributed by atoms with Crippen LogP contribution in [0, 0.1) is 12.3 Å². The molecule has 0 aliphatic carbocycles. The van der Waals surface area contributed by atoms with Crippen LogP contribution in [-0.4, -0.2) is 5.84 Å². The molecule has 3 nitrogen and oxygen atoms in total. The lowest BCUT2D eigenvalue weighted by Gasteiger charge is -2.04. The van der Waals surface area contributed by atoms with Crippen molar-refractivity contribution in [1.29, 1.82) is 5.41 Å². The molecule has 0 atom stereocenters. The molecule has 0 bridgehead atoms. The first-order valence-electron chi connectivity index (χ1n) is 4.79. The molecule has 14 heavy (non-hydrogen) atoms. The second kappa shape index (κ2) is 6.16. The van der Waals surface area contributed by atoms with Gasteiger partial charge in [-0.15, -0.1) is 0 Å². The maximum absolute atomic E-state index is 7.21.